The normalized spacial score (nSPS) is 13.4. The molecule has 0 spiro atoms. The lowest BCUT2D eigenvalue weighted by molar-refractivity contribution is -0.134. The Morgan fingerprint density at radius 2 is 1.66 bits per heavy atom. The van der Waals surface area contributed by atoms with Crippen molar-refractivity contribution in [3.05, 3.63) is 96.3 Å². The van der Waals surface area contributed by atoms with Crippen LogP contribution in [0.5, 0.6) is 0 Å². The zero-order valence-corrected chi connectivity index (χ0v) is 24.0. The predicted octanol–water partition coefficient (Wildman–Crippen LogP) is 3.89. The first-order valence-corrected chi connectivity index (χ1v) is 13.9. The van der Waals surface area contributed by atoms with Crippen LogP contribution in [0.1, 0.15) is 11.1 Å². The summed E-state index contributed by atoms with van der Waals surface area (Å²) in [6, 6.07) is 22.8. The van der Waals surface area contributed by atoms with Gasteiger partial charge in [-0.2, -0.15) is 5.26 Å². The van der Waals surface area contributed by atoms with Crippen molar-refractivity contribution in [3.63, 3.8) is 0 Å². The van der Waals surface area contributed by atoms with Gasteiger partial charge in [-0.1, -0.05) is 30.3 Å². The number of rotatable bonds is 7. The minimum absolute atomic E-state index is 0.488. The number of piperazine rings is 1. The molecule has 4 heterocycles. The number of carboxylic acid groups (broad SMARTS) is 2. The van der Waals surface area contributed by atoms with Crippen molar-refractivity contribution in [2.24, 2.45) is 0 Å². The second kappa shape index (κ2) is 13.5. The second-order valence-corrected chi connectivity index (χ2v) is 10.1. The number of nitrogens with zero attached hydrogens (tertiary/aromatic N) is 7. The number of carboxylic acids is 2. The highest BCUT2D eigenvalue weighted by Crippen LogP contribution is 2.34. The SMILES string of the molecule is CN1CCN(c2ccc3c(c2)c(NCc2ccccc2)c(C#N)c2nc(-c4ccncc4)nn23)CC1.O=C(O)/C=C\C(=O)O. The van der Waals surface area contributed by atoms with Crippen LogP contribution in [0.15, 0.2) is 85.2 Å². The minimum Gasteiger partial charge on any atom is -0.478 e. The van der Waals surface area contributed by atoms with Crippen molar-refractivity contribution >= 4 is 39.9 Å². The monoisotopic (exact) mass is 590 g/mol. The summed E-state index contributed by atoms with van der Waals surface area (Å²) in [7, 11) is 2.16. The van der Waals surface area contributed by atoms with Crippen LogP contribution in [-0.4, -0.2) is 79.9 Å². The van der Waals surface area contributed by atoms with Crippen molar-refractivity contribution in [1.82, 2.24) is 24.5 Å². The highest BCUT2D eigenvalue weighted by atomic mass is 16.4. The minimum atomic E-state index is -1.26. The van der Waals surface area contributed by atoms with E-state index in [2.05, 4.69) is 63.5 Å². The maximum absolute atomic E-state index is 10.3. The smallest absolute Gasteiger partial charge is 0.328 e. The molecule has 3 N–H and O–H groups in total. The van der Waals surface area contributed by atoms with Gasteiger partial charge in [0.2, 0.25) is 0 Å². The highest BCUT2D eigenvalue weighted by molar-refractivity contribution is 6.00. The van der Waals surface area contributed by atoms with Crippen LogP contribution in [-0.2, 0) is 16.1 Å². The van der Waals surface area contributed by atoms with Gasteiger partial charge in [0.15, 0.2) is 11.5 Å². The summed E-state index contributed by atoms with van der Waals surface area (Å²) in [5.41, 5.74) is 5.87. The molecule has 0 atom stereocenters. The molecular weight excluding hydrogens is 560 g/mol. The van der Waals surface area contributed by atoms with Gasteiger partial charge in [0, 0.05) is 73.9 Å². The third-order valence-electron chi connectivity index (χ3n) is 7.16. The van der Waals surface area contributed by atoms with Crippen LogP contribution in [0.3, 0.4) is 0 Å². The number of benzene rings is 2. The van der Waals surface area contributed by atoms with E-state index in [4.69, 9.17) is 20.3 Å². The number of fused-ring (bicyclic) bond motifs is 3. The molecule has 1 saturated heterocycles. The molecule has 0 saturated carbocycles. The lowest BCUT2D eigenvalue weighted by atomic mass is 10.1. The number of carbonyl (C=O) groups is 2. The van der Waals surface area contributed by atoms with Gasteiger partial charge in [0.25, 0.3) is 0 Å². The van der Waals surface area contributed by atoms with Crippen molar-refractivity contribution in [2.45, 2.75) is 6.54 Å². The zero-order chi connectivity index (χ0) is 31.1. The van der Waals surface area contributed by atoms with Crippen LogP contribution in [0.25, 0.3) is 27.9 Å². The third kappa shape index (κ3) is 6.80. The van der Waals surface area contributed by atoms with Gasteiger partial charge >= 0.3 is 11.9 Å². The van der Waals surface area contributed by atoms with Crippen LogP contribution < -0.4 is 10.2 Å². The summed E-state index contributed by atoms with van der Waals surface area (Å²) in [6.07, 6.45) is 4.56. The molecule has 1 fully saturated rings. The first kappa shape index (κ1) is 29.7. The number of hydrogen-bond donors (Lipinski definition) is 3. The Bertz CT molecular complexity index is 1840. The molecule has 44 heavy (non-hydrogen) atoms. The molecule has 1 aliphatic heterocycles. The predicted molar refractivity (Wildman–Crippen MR) is 166 cm³/mol. The number of likely N-dealkylation sites (N-methyl/N-ethyl adjacent to an activating group) is 1. The van der Waals surface area contributed by atoms with Crippen LogP contribution in [0.2, 0.25) is 0 Å². The summed E-state index contributed by atoms with van der Waals surface area (Å²) in [4.78, 5) is 32.7. The lowest BCUT2D eigenvalue weighted by Crippen LogP contribution is -2.44. The van der Waals surface area contributed by atoms with Crippen molar-refractivity contribution in [1.29, 1.82) is 5.26 Å². The number of pyridine rings is 2. The highest BCUT2D eigenvalue weighted by Gasteiger charge is 2.21. The molecule has 5 aromatic rings. The van der Waals surface area contributed by atoms with Gasteiger partial charge < -0.3 is 25.3 Å². The topological polar surface area (TPSA) is 160 Å². The van der Waals surface area contributed by atoms with Gasteiger partial charge in [0.05, 0.1) is 11.2 Å². The number of anilines is 2. The Kier molecular flexibility index (Phi) is 9.07. The maximum Gasteiger partial charge on any atom is 0.328 e. The molecule has 222 valence electrons. The Balaban J connectivity index is 0.000000426. The van der Waals surface area contributed by atoms with Crippen molar-refractivity contribution in [2.75, 3.05) is 43.4 Å². The van der Waals surface area contributed by atoms with Crippen LogP contribution >= 0.6 is 0 Å². The fraction of sp³-hybridized carbons (Fsp3) is 0.188. The average Bonchev–Trinajstić information content (AvgIpc) is 3.49. The van der Waals surface area contributed by atoms with E-state index in [0.717, 1.165) is 59.6 Å². The molecule has 6 rings (SSSR count). The van der Waals surface area contributed by atoms with E-state index >= 15 is 0 Å². The third-order valence-corrected chi connectivity index (χ3v) is 7.16. The Morgan fingerprint density at radius 1 is 0.977 bits per heavy atom. The standard InChI is InChI=1S/C28H26N8.C4H4O4/c1-34-13-15-35(16-14-34)22-7-8-25-23(17-22)26(31-19-20-5-3-2-4-6-20)24(18-29)28-32-27(33-36(25)28)21-9-11-30-12-10-21;5-3(6)1-2-4(7)8/h2-12,17,31H,13-16,19H2,1H3;1-2H,(H,5,6)(H,7,8)/b;2-1-. The van der Waals surface area contributed by atoms with E-state index in [1.54, 1.807) is 16.9 Å². The van der Waals surface area contributed by atoms with E-state index in [9.17, 15) is 14.9 Å². The van der Waals surface area contributed by atoms with Crippen molar-refractivity contribution < 1.29 is 19.8 Å². The maximum atomic E-state index is 10.3. The first-order valence-electron chi connectivity index (χ1n) is 13.9. The molecule has 12 heteroatoms. The summed E-state index contributed by atoms with van der Waals surface area (Å²) in [5, 5.41) is 35.3. The molecule has 0 amide bonds. The molecule has 0 bridgehead atoms. The second-order valence-electron chi connectivity index (χ2n) is 10.1. The van der Waals surface area contributed by atoms with Crippen molar-refractivity contribution in [3.8, 4) is 17.5 Å². The van der Waals surface area contributed by atoms with Gasteiger partial charge in [-0.15, -0.1) is 5.10 Å². The van der Waals surface area contributed by atoms with Gasteiger partial charge in [-0.25, -0.2) is 19.1 Å². The molecule has 2 aromatic carbocycles. The van der Waals surface area contributed by atoms with Crippen LogP contribution in [0.4, 0.5) is 11.4 Å². The number of hydrogen-bond acceptors (Lipinski definition) is 9. The van der Waals surface area contributed by atoms with E-state index < -0.39 is 11.9 Å². The van der Waals surface area contributed by atoms with Crippen LogP contribution in [0, 0.1) is 11.3 Å². The summed E-state index contributed by atoms with van der Waals surface area (Å²) in [5.74, 6) is -1.95. The van der Waals surface area contributed by atoms with Gasteiger partial charge in [-0.05, 0) is 42.9 Å². The number of aromatic nitrogens is 4. The Hall–Kier alpha value is -5.80. The largest absolute Gasteiger partial charge is 0.478 e. The molecule has 0 radical (unpaired) electrons. The molecule has 12 nitrogen and oxygen atoms in total. The summed E-state index contributed by atoms with van der Waals surface area (Å²) < 4.78 is 1.80. The van der Waals surface area contributed by atoms with E-state index in [1.165, 1.54) is 0 Å². The fourth-order valence-corrected chi connectivity index (χ4v) is 4.90. The van der Waals surface area contributed by atoms with E-state index in [1.807, 2.05) is 30.3 Å². The van der Waals surface area contributed by atoms with E-state index in [-0.39, 0.29) is 0 Å². The van der Waals surface area contributed by atoms with Gasteiger partial charge in [-0.3, -0.25) is 4.98 Å². The quantitative estimate of drug-likeness (QED) is 0.236. The number of aliphatic carboxylic acids is 2. The average molecular weight is 591 g/mol. The molecular formula is C32H30N8O4. The number of nitriles is 1. The van der Waals surface area contributed by atoms with E-state index in [0.29, 0.717) is 35.7 Å². The molecule has 0 aliphatic carbocycles. The number of nitrogens with one attached hydrogen (secondary N) is 1. The van der Waals surface area contributed by atoms with Gasteiger partial charge in [0.1, 0.15) is 11.6 Å². The summed E-state index contributed by atoms with van der Waals surface area (Å²) in [6.45, 7) is 4.59. The Labute approximate surface area is 253 Å². The lowest BCUT2D eigenvalue weighted by Gasteiger charge is -2.34. The molecule has 1 aliphatic rings. The fourth-order valence-electron chi connectivity index (χ4n) is 4.90. The molecule has 3 aromatic heterocycles. The first-order chi connectivity index (χ1) is 21.3. The zero-order valence-electron chi connectivity index (χ0n) is 24.0. The summed E-state index contributed by atoms with van der Waals surface area (Å²) >= 11 is 0. The molecule has 0 unspecified atom stereocenters. The Morgan fingerprint density at radius 3 is 2.30 bits per heavy atom.